The summed E-state index contributed by atoms with van der Waals surface area (Å²) in [7, 11) is 0. The normalized spacial score (nSPS) is 14.4. The Labute approximate surface area is 140 Å². The Kier molecular flexibility index (Phi) is 8.65. The van der Waals surface area contributed by atoms with E-state index in [9.17, 15) is 4.57 Å². The van der Waals surface area contributed by atoms with Crippen LogP contribution >= 0.6 is 40.1 Å². The Hall–Kier alpha value is 0.260. The molecule has 1 rings (SSSR count). The fourth-order valence-corrected chi connectivity index (χ4v) is 8.24. The second-order valence-corrected chi connectivity index (χ2v) is 12.5. The first-order valence-electron chi connectivity index (χ1n) is 6.97. The van der Waals surface area contributed by atoms with Crippen molar-refractivity contribution in [3.8, 4) is 0 Å². The van der Waals surface area contributed by atoms with E-state index in [0.717, 1.165) is 17.9 Å². The van der Waals surface area contributed by atoms with E-state index >= 15 is 0 Å². The van der Waals surface area contributed by atoms with Gasteiger partial charge in [0.1, 0.15) is 11.0 Å². The minimum Gasteiger partial charge on any atom is -0.314 e. The van der Waals surface area contributed by atoms with Crippen molar-refractivity contribution in [2.45, 2.75) is 45.8 Å². The Balaban J connectivity index is 2.77. The molecule has 0 saturated carbocycles. The van der Waals surface area contributed by atoms with Crippen LogP contribution in [0.4, 0.5) is 0 Å². The first-order valence-corrected chi connectivity index (χ1v) is 12.2. The van der Waals surface area contributed by atoms with Gasteiger partial charge in [-0.1, -0.05) is 55.1 Å². The predicted octanol–water partition coefficient (Wildman–Crippen LogP) is 5.77. The van der Waals surface area contributed by atoms with E-state index in [1.807, 2.05) is 20.8 Å². The van der Waals surface area contributed by atoms with Gasteiger partial charge in [-0.2, -0.15) is 0 Å². The zero-order valence-electron chi connectivity index (χ0n) is 12.8. The Morgan fingerprint density at radius 2 is 2.05 bits per heavy atom. The average Bonchev–Trinajstić information content (AvgIpc) is 2.43. The van der Waals surface area contributed by atoms with Crippen LogP contribution in [0, 0.1) is 0 Å². The van der Waals surface area contributed by atoms with Gasteiger partial charge in [0, 0.05) is 17.4 Å². The predicted molar refractivity (Wildman–Crippen MR) is 94.4 cm³/mol. The van der Waals surface area contributed by atoms with Crippen molar-refractivity contribution >= 4 is 40.1 Å². The molecule has 8 heteroatoms. The zero-order valence-corrected chi connectivity index (χ0v) is 16.1. The van der Waals surface area contributed by atoms with Gasteiger partial charge in [0.25, 0.3) is 0 Å². The standard InChI is InChI=1S/C13H22ClN2O2PS2/c1-5-7-20-19(17,18-6-2)21-9-11-8-12(14)16-13(15-11)10(3)4/h8,10H,5-7,9H2,1-4H3. The Morgan fingerprint density at radius 3 is 2.62 bits per heavy atom. The number of nitrogens with zero attached hydrogens (tertiary/aromatic N) is 2. The van der Waals surface area contributed by atoms with Crippen molar-refractivity contribution in [3.05, 3.63) is 22.7 Å². The molecule has 0 spiro atoms. The van der Waals surface area contributed by atoms with E-state index in [4.69, 9.17) is 16.1 Å². The van der Waals surface area contributed by atoms with E-state index in [0.29, 0.717) is 23.3 Å². The summed E-state index contributed by atoms with van der Waals surface area (Å²) in [6, 6.07) is 1.72. The summed E-state index contributed by atoms with van der Waals surface area (Å²) in [6.07, 6.45) is 0.971. The highest BCUT2D eigenvalue weighted by Gasteiger charge is 2.24. The zero-order chi connectivity index (χ0) is 15.9. The highest BCUT2D eigenvalue weighted by molar-refractivity contribution is 8.89. The van der Waals surface area contributed by atoms with E-state index in [1.54, 1.807) is 6.07 Å². The lowest BCUT2D eigenvalue weighted by molar-refractivity contribution is 0.357. The van der Waals surface area contributed by atoms with Gasteiger partial charge in [0.2, 0.25) is 0 Å². The lowest BCUT2D eigenvalue weighted by atomic mass is 10.2. The number of aromatic nitrogens is 2. The molecule has 0 aliphatic carbocycles. The quantitative estimate of drug-likeness (QED) is 0.407. The van der Waals surface area contributed by atoms with Crippen molar-refractivity contribution < 1.29 is 9.09 Å². The van der Waals surface area contributed by atoms with Gasteiger partial charge in [0.05, 0.1) is 12.3 Å². The molecule has 1 heterocycles. The van der Waals surface area contributed by atoms with Crippen LogP contribution in [0.15, 0.2) is 6.07 Å². The minimum atomic E-state index is -2.73. The maximum absolute atomic E-state index is 12.7. The van der Waals surface area contributed by atoms with Crippen LogP contribution in [0.3, 0.4) is 0 Å². The lowest BCUT2D eigenvalue weighted by Gasteiger charge is -2.16. The van der Waals surface area contributed by atoms with Crippen LogP contribution in [-0.2, 0) is 14.8 Å². The van der Waals surface area contributed by atoms with E-state index in [1.165, 1.54) is 22.8 Å². The average molecular weight is 369 g/mol. The fourth-order valence-electron chi connectivity index (χ4n) is 1.43. The molecule has 0 aromatic carbocycles. The molecule has 0 saturated heterocycles. The molecule has 0 aliphatic rings. The van der Waals surface area contributed by atoms with Crippen LogP contribution in [0.5, 0.6) is 0 Å². The van der Waals surface area contributed by atoms with Crippen molar-refractivity contribution in [1.82, 2.24) is 9.97 Å². The molecular weight excluding hydrogens is 347 g/mol. The van der Waals surface area contributed by atoms with E-state index in [2.05, 4.69) is 16.9 Å². The van der Waals surface area contributed by atoms with Crippen LogP contribution in [-0.4, -0.2) is 22.3 Å². The molecule has 21 heavy (non-hydrogen) atoms. The second kappa shape index (κ2) is 9.41. The molecule has 1 atom stereocenters. The highest BCUT2D eigenvalue weighted by Crippen LogP contribution is 2.70. The number of rotatable bonds is 9. The van der Waals surface area contributed by atoms with Gasteiger partial charge >= 0.3 is 5.77 Å². The lowest BCUT2D eigenvalue weighted by Crippen LogP contribution is -2.01. The molecule has 120 valence electrons. The second-order valence-electron chi connectivity index (χ2n) is 4.67. The molecule has 1 aromatic rings. The molecule has 0 N–H and O–H groups in total. The van der Waals surface area contributed by atoms with Crippen molar-refractivity contribution in [3.63, 3.8) is 0 Å². The van der Waals surface area contributed by atoms with Crippen LogP contribution in [0.1, 0.15) is 51.6 Å². The van der Waals surface area contributed by atoms with Crippen molar-refractivity contribution in [2.24, 2.45) is 0 Å². The summed E-state index contributed by atoms with van der Waals surface area (Å²) in [6.45, 7) is 8.41. The topological polar surface area (TPSA) is 52.1 Å². The maximum atomic E-state index is 12.7. The highest BCUT2D eigenvalue weighted by atomic mass is 35.5. The third-order valence-corrected chi connectivity index (χ3v) is 10.2. The van der Waals surface area contributed by atoms with Gasteiger partial charge in [-0.05, 0) is 19.4 Å². The summed E-state index contributed by atoms with van der Waals surface area (Å²) < 4.78 is 18.1. The first kappa shape index (κ1) is 19.3. The van der Waals surface area contributed by atoms with Crippen LogP contribution < -0.4 is 0 Å². The van der Waals surface area contributed by atoms with Gasteiger partial charge < -0.3 is 4.52 Å². The Morgan fingerprint density at radius 1 is 1.33 bits per heavy atom. The molecule has 0 bridgehead atoms. The number of hydrogen-bond donors (Lipinski definition) is 0. The SMILES string of the molecule is CCCSP(=O)(OCC)SCc1cc(Cl)nc(C(C)C)n1. The molecule has 1 aromatic heterocycles. The monoisotopic (exact) mass is 368 g/mol. The number of hydrogen-bond acceptors (Lipinski definition) is 6. The molecule has 0 aliphatic heterocycles. The van der Waals surface area contributed by atoms with Crippen molar-refractivity contribution in [1.29, 1.82) is 0 Å². The van der Waals surface area contributed by atoms with Crippen molar-refractivity contribution in [2.75, 3.05) is 12.4 Å². The number of halogens is 1. The molecule has 0 amide bonds. The third kappa shape index (κ3) is 6.91. The summed E-state index contributed by atoms with van der Waals surface area (Å²) in [5, 5.41) is 0.428. The van der Waals surface area contributed by atoms with Gasteiger partial charge in [0.15, 0.2) is 0 Å². The van der Waals surface area contributed by atoms with E-state index < -0.39 is 5.77 Å². The molecule has 0 fully saturated rings. The van der Waals surface area contributed by atoms with Gasteiger partial charge in [-0.25, -0.2) is 9.97 Å². The third-order valence-electron chi connectivity index (χ3n) is 2.39. The van der Waals surface area contributed by atoms with Gasteiger partial charge in [-0.3, -0.25) is 4.57 Å². The first-order chi connectivity index (χ1) is 9.90. The van der Waals surface area contributed by atoms with Gasteiger partial charge in [-0.15, -0.1) is 0 Å². The molecular formula is C13H22ClN2O2PS2. The van der Waals surface area contributed by atoms with Crippen LogP contribution in [0.25, 0.3) is 0 Å². The smallest absolute Gasteiger partial charge is 0.313 e. The minimum absolute atomic E-state index is 0.209. The molecule has 4 nitrogen and oxygen atoms in total. The Bertz CT molecular complexity index is 503. The fraction of sp³-hybridized carbons (Fsp3) is 0.692. The largest absolute Gasteiger partial charge is 0.314 e. The summed E-state index contributed by atoms with van der Waals surface area (Å²) in [4.78, 5) is 8.68. The summed E-state index contributed by atoms with van der Waals surface area (Å²) >= 11 is 8.74. The summed E-state index contributed by atoms with van der Waals surface area (Å²) in [5.41, 5.74) is 0.792. The summed E-state index contributed by atoms with van der Waals surface area (Å²) in [5.74, 6) is -0.468. The van der Waals surface area contributed by atoms with E-state index in [-0.39, 0.29) is 5.92 Å². The molecule has 0 radical (unpaired) electrons. The maximum Gasteiger partial charge on any atom is 0.313 e. The van der Waals surface area contributed by atoms with Crippen LogP contribution in [0.2, 0.25) is 5.15 Å². The molecule has 1 unspecified atom stereocenters.